The van der Waals surface area contributed by atoms with Crippen LogP contribution in [0.5, 0.6) is 0 Å². The second-order valence-electron chi connectivity index (χ2n) is 8.14. The lowest BCUT2D eigenvalue weighted by atomic mass is 9.75. The highest BCUT2D eigenvalue weighted by Crippen LogP contribution is 2.45. The zero-order valence-electron chi connectivity index (χ0n) is 16.8. The molecule has 31 heavy (non-hydrogen) atoms. The minimum absolute atomic E-state index is 0.0571. The number of alkyl halides is 3. The molecule has 1 aromatic carbocycles. The molecule has 0 N–H and O–H groups in total. The first-order valence-electron chi connectivity index (χ1n) is 9.92. The summed E-state index contributed by atoms with van der Waals surface area (Å²) in [7, 11) is 1.59. The lowest BCUT2D eigenvalue weighted by Gasteiger charge is -2.29. The summed E-state index contributed by atoms with van der Waals surface area (Å²) in [6.07, 6.45) is -3.89. The van der Waals surface area contributed by atoms with Crippen molar-refractivity contribution in [2.45, 2.75) is 49.9 Å². The SMILES string of the molecule is CN(Cc1cccs1)C(=O)C[C@]1(c2cccc(C(F)(F)F)c2)CC(=O)N(C2CC2)C1=O. The fourth-order valence-electron chi connectivity index (χ4n) is 4.04. The summed E-state index contributed by atoms with van der Waals surface area (Å²) < 4.78 is 40.0. The van der Waals surface area contributed by atoms with Gasteiger partial charge in [-0.3, -0.25) is 19.3 Å². The summed E-state index contributed by atoms with van der Waals surface area (Å²) in [4.78, 5) is 42.7. The zero-order chi connectivity index (χ0) is 22.4. The van der Waals surface area contributed by atoms with Crippen LogP contribution < -0.4 is 0 Å². The number of imide groups is 1. The van der Waals surface area contributed by atoms with E-state index in [-0.39, 0.29) is 24.4 Å². The lowest BCUT2D eigenvalue weighted by Crippen LogP contribution is -2.43. The first-order valence-corrected chi connectivity index (χ1v) is 10.8. The maximum absolute atomic E-state index is 13.4. The highest BCUT2D eigenvalue weighted by molar-refractivity contribution is 7.09. The van der Waals surface area contributed by atoms with Crippen molar-refractivity contribution in [1.29, 1.82) is 0 Å². The number of amides is 3. The van der Waals surface area contributed by atoms with Crippen LogP contribution in [0.15, 0.2) is 41.8 Å². The van der Waals surface area contributed by atoms with Gasteiger partial charge in [-0.25, -0.2) is 0 Å². The molecule has 5 nitrogen and oxygen atoms in total. The fourth-order valence-corrected chi connectivity index (χ4v) is 4.80. The number of rotatable bonds is 6. The summed E-state index contributed by atoms with van der Waals surface area (Å²) in [5, 5.41) is 1.88. The molecule has 1 aliphatic heterocycles. The predicted octanol–water partition coefficient (Wildman–Crippen LogP) is 3.97. The van der Waals surface area contributed by atoms with Crippen molar-refractivity contribution < 1.29 is 27.6 Å². The standard InChI is InChI=1S/C22H21F3N2O3S/c1-26(13-17-6-3-9-31-17)18(28)11-21(12-19(29)27(20(21)30)16-7-8-16)14-4-2-5-15(10-14)22(23,24)25/h2-6,9-10,16H,7-8,11-13H2,1H3/t21-/m1/s1. The van der Waals surface area contributed by atoms with Crippen LogP contribution in [0.25, 0.3) is 0 Å². The summed E-state index contributed by atoms with van der Waals surface area (Å²) in [6, 6.07) is 7.95. The van der Waals surface area contributed by atoms with E-state index in [1.54, 1.807) is 7.05 Å². The Morgan fingerprint density at radius 3 is 2.58 bits per heavy atom. The normalized spacial score (nSPS) is 21.6. The molecule has 0 bridgehead atoms. The molecule has 1 atom stereocenters. The van der Waals surface area contributed by atoms with Gasteiger partial charge in [-0.1, -0.05) is 24.3 Å². The maximum Gasteiger partial charge on any atom is 0.416 e. The predicted molar refractivity (Wildman–Crippen MR) is 108 cm³/mol. The summed E-state index contributed by atoms with van der Waals surface area (Å²) in [5.41, 5.74) is -2.47. The van der Waals surface area contributed by atoms with E-state index in [1.165, 1.54) is 28.4 Å². The second kappa shape index (κ2) is 7.78. The van der Waals surface area contributed by atoms with E-state index in [0.717, 1.165) is 21.9 Å². The van der Waals surface area contributed by atoms with Gasteiger partial charge in [-0.05, 0) is 35.9 Å². The maximum atomic E-state index is 13.4. The Balaban J connectivity index is 1.69. The van der Waals surface area contributed by atoms with Crippen molar-refractivity contribution >= 4 is 29.1 Å². The fraction of sp³-hybridized carbons (Fsp3) is 0.409. The molecule has 2 aromatic rings. The lowest BCUT2D eigenvalue weighted by molar-refractivity contribution is -0.143. The third-order valence-electron chi connectivity index (χ3n) is 5.86. The summed E-state index contributed by atoms with van der Waals surface area (Å²) in [6.45, 7) is 0.323. The summed E-state index contributed by atoms with van der Waals surface area (Å²) >= 11 is 1.48. The van der Waals surface area contributed by atoms with Crippen molar-refractivity contribution in [3.8, 4) is 0 Å². The molecular formula is C22H21F3N2O3S. The monoisotopic (exact) mass is 450 g/mol. The first kappa shape index (κ1) is 21.5. The number of nitrogens with zero attached hydrogens (tertiary/aromatic N) is 2. The Morgan fingerprint density at radius 1 is 1.23 bits per heavy atom. The van der Waals surface area contributed by atoms with Gasteiger partial charge in [-0.15, -0.1) is 11.3 Å². The Bertz CT molecular complexity index is 1020. The Kier molecular flexibility index (Phi) is 5.41. The quantitative estimate of drug-likeness (QED) is 0.626. The number of halogens is 3. The number of carbonyl (C=O) groups is 3. The average molecular weight is 450 g/mol. The Hall–Kier alpha value is -2.68. The van der Waals surface area contributed by atoms with E-state index >= 15 is 0 Å². The number of carbonyl (C=O) groups excluding carboxylic acids is 3. The van der Waals surface area contributed by atoms with Crippen molar-refractivity contribution in [3.05, 3.63) is 57.8 Å². The number of benzene rings is 1. The van der Waals surface area contributed by atoms with E-state index in [4.69, 9.17) is 0 Å². The van der Waals surface area contributed by atoms with E-state index < -0.39 is 34.9 Å². The van der Waals surface area contributed by atoms with Gasteiger partial charge in [0.25, 0.3) is 0 Å². The van der Waals surface area contributed by atoms with Gasteiger partial charge in [0.05, 0.1) is 17.5 Å². The third kappa shape index (κ3) is 4.11. The minimum atomic E-state index is -4.60. The number of hydrogen-bond donors (Lipinski definition) is 0. The Labute approximate surface area is 181 Å². The van der Waals surface area contributed by atoms with Gasteiger partial charge in [0.15, 0.2) is 0 Å². The van der Waals surface area contributed by atoms with Crippen LogP contribution in [0.1, 0.15) is 41.7 Å². The van der Waals surface area contributed by atoms with Crippen LogP contribution in [0.3, 0.4) is 0 Å². The molecule has 1 saturated heterocycles. The van der Waals surface area contributed by atoms with Crippen molar-refractivity contribution in [3.63, 3.8) is 0 Å². The van der Waals surface area contributed by atoms with Gasteiger partial charge in [0, 0.05) is 30.8 Å². The molecular weight excluding hydrogens is 429 g/mol. The smallest absolute Gasteiger partial charge is 0.341 e. The van der Waals surface area contributed by atoms with Gasteiger partial charge in [0.1, 0.15) is 0 Å². The Morgan fingerprint density at radius 2 is 1.97 bits per heavy atom. The number of thiophene rings is 1. The molecule has 2 fully saturated rings. The van der Waals surface area contributed by atoms with Crippen LogP contribution in [-0.4, -0.2) is 40.6 Å². The van der Waals surface area contributed by atoms with Crippen LogP contribution in [0.2, 0.25) is 0 Å². The van der Waals surface area contributed by atoms with Crippen molar-refractivity contribution in [2.75, 3.05) is 7.05 Å². The third-order valence-corrected chi connectivity index (χ3v) is 6.72. The van der Waals surface area contributed by atoms with E-state index in [0.29, 0.717) is 19.4 Å². The molecule has 0 radical (unpaired) electrons. The molecule has 3 amide bonds. The highest BCUT2D eigenvalue weighted by Gasteiger charge is 2.57. The number of likely N-dealkylation sites (tertiary alicyclic amines) is 1. The van der Waals surface area contributed by atoms with Gasteiger partial charge >= 0.3 is 6.18 Å². The molecule has 0 unspecified atom stereocenters. The largest absolute Gasteiger partial charge is 0.416 e. The van der Waals surface area contributed by atoms with Gasteiger partial charge in [0.2, 0.25) is 17.7 Å². The second-order valence-corrected chi connectivity index (χ2v) is 9.18. The molecule has 164 valence electrons. The molecule has 0 spiro atoms. The van der Waals surface area contributed by atoms with Crippen LogP contribution in [-0.2, 0) is 32.5 Å². The van der Waals surface area contributed by atoms with Gasteiger partial charge < -0.3 is 4.90 Å². The van der Waals surface area contributed by atoms with E-state index in [9.17, 15) is 27.6 Å². The molecule has 2 aliphatic rings. The average Bonchev–Trinajstić information content (AvgIpc) is 3.34. The van der Waals surface area contributed by atoms with Crippen molar-refractivity contribution in [1.82, 2.24) is 9.80 Å². The molecule has 1 aliphatic carbocycles. The minimum Gasteiger partial charge on any atom is -0.341 e. The molecule has 1 saturated carbocycles. The molecule has 1 aromatic heterocycles. The van der Waals surface area contributed by atoms with E-state index in [2.05, 4.69) is 0 Å². The van der Waals surface area contributed by atoms with Crippen LogP contribution in [0.4, 0.5) is 13.2 Å². The first-order chi connectivity index (χ1) is 14.6. The molecule has 4 rings (SSSR count). The number of hydrogen-bond acceptors (Lipinski definition) is 4. The zero-order valence-corrected chi connectivity index (χ0v) is 17.6. The molecule has 9 heteroatoms. The highest BCUT2D eigenvalue weighted by atomic mass is 32.1. The van der Waals surface area contributed by atoms with Crippen LogP contribution >= 0.6 is 11.3 Å². The topological polar surface area (TPSA) is 57.7 Å². The van der Waals surface area contributed by atoms with Crippen LogP contribution in [0, 0.1) is 0 Å². The van der Waals surface area contributed by atoms with Crippen molar-refractivity contribution in [2.24, 2.45) is 0 Å². The van der Waals surface area contributed by atoms with E-state index in [1.807, 2.05) is 17.5 Å². The summed E-state index contributed by atoms with van der Waals surface area (Å²) in [5.74, 6) is -1.40. The van der Waals surface area contributed by atoms with Gasteiger partial charge in [-0.2, -0.15) is 13.2 Å². The molecule has 2 heterocycles.